The van der Waals surface area contributed by atoms with Gasteiger partial charge in [0.1, 0.15) is 0 Å². The van der Waals surface area contributed by atoms with Gasteiger partial charge in [0.05, 0.1) is 5.25 Å². The largest absolute Gasteiger partial charge is 0.398 e. The second-order valence-electron chi connectivity index (χ2n) is 4.59. The normalized spacial score (nSPS) is 17.1. The Kier molecular flexibility index (Phi) is 3.62. The van der Waals surface area contributed by atoms with Gasteiger partial charge in [0.25, 0.3) is 0 Å². The minimum absolute atomic E-state index is 0.371. The molecule has 2 aromatic rings. The van der Waals surface area contributed by atoms with E-state index >= 15 is 0 Å². The first-order valence-electron chi connectivity index (χ1n) is 6.14. The summed E-state index contributed by atoms with van der Waals surface area (Å²) < 4.78 is 1.18. The Bertz CT molecular complexity index is 628. The van der Waals surface area contributed by atoms with Gasteiger partial charge in [-0.2, -0.15) is 11.8 Å². The molecule has 0 amide bonds. The van der Waals surface area contributed by atoms with Crippen LogP contribution in [0.15, 0.2) is 36.4 Å². The number of halogens is 1. The van der Waals surface area contributed by atoms with Gasteiger partial charge in [-0.05, 0) is 57.7 Å². The Hall–Kier alpha value is -0.880. The standard InChI is InChI=1S/C15H15IN2S/c1-19-15-9-6-7-12(17)14(16)11(9)8-18-13-5-3-2-4-10(13)15/h2-7,15,18H,8,17H2,1H3. The number of nitrogen functional groups attached to an aromatic ring is 1. The van der Waals surface area contributed by atoms with E-state index in [9.17, 15) is 0 Å². The number of nitrogens with one attached hydrogen (secondary N) is 1. The van der Waals surface area contributed by atoms with Crippen molar-refractivity contribution in [3.05, 3.63) is 56.7 Å². The van der Waals surface area contributed by atoms with Crippen LogP contribution in [0, 0.1) is 3.57 Å². The monoisotopic (exact) mass is 382 g/mol. The molecule has 19 heavy (non-hydrogen) atoms. The van der Waals surface area contributed by atoms with Crippen LogP contribution in [0.4, 0.5) is 11.4 Å². The molecule has 98 valence electrons. The molecule has 0 saturated carbocycles. The van der Waals surface area contributed by atoms with E-state index in [1.807, 2.05) is 17.8 Å². The van der Waals surface area contributed by atoms with Crippen molar-refractivity contribution in [2.75, 3.05) is 17.3 Å². The molecular weight excluding hydrogens is 367 g/mol. The lowest BCUT2D eigenvalue weighted by Crippen LogP contribution is -2.05. The van der Waals surface area contributed by atoms with Crippen LogP contribution in [0.1, 0.15) is 21.9 Å². The van der Waals surface area contributed by atoms with Crippen molar-refractivity contribution in [1.82, 2.24) is 0 Å². The third-order valence-corrected chi connectivity index (χ3v) is 5.78. The molecule has 3 rings (SSSR count). The maximum Gasteiger partial charge on any atom is 0.0567 e. The molecule has 1 aliphatic heterocycles. The second kappa shape index (κ2) is 5.25. The summed E-state index contributed by atoms with van der Waals surface area (Å²) >= 11 is 4.23. The van der Waals surface area contributed by atoms with Crippen molar-refractivity contribution in [3.8, 4) is 0 Å². The highest BCUT2D eigenvalue weighted by Gasteiger charge is 2.24. The fourth-order valence-electron chi connectivity index (χ4n) is 2.57. The van der Waals surface area contributed by atoms with Crippen molar-refractivity contribution >= 4 is 45.7 Å². The second-order valence-corrected chi connectivity index (χ2v) is 6.61. The summed E-state index contributed by atoms with van der Waals surface area (Å²) in [6, 6.07) is 12.8. The van der Waals surface area contributed by atoms with Crippen LogP contribution in [0.2, 0.25) is 0 Å². The summed E-state index contributed by atoms with van der Waals surface area (Å²) in [6.07, 6.45) is 2.17. The van der Waals surface area contributed by atoms with Crippen LogP contribution in [0.25, 0.3) is 0 Å². The van der Waals surface area contributed by atoms with Gasteiger partial charge in [0, 0.05) is 21.5 Å². The number of hydrogen-bond donors (Lipinski definition) is 2. The molecule has 2 aromatic carbocycles. The van der Waals surface area contributed by atoms with Crippen molar-refractivity contribution in [3.63, 3.8) is 0 Å². The third kappa shape index (κ3) is 2.21. The number of anilines is 2. The van der Waals surface area contributed by atoms with Crippen LogP contribution < -0.4 is 11.1 Å². The number of hydrogen-bond acceptors (Lipinski definition) is 3. The van der Waals surface area contributed by atoms with E-state index in [0.29, 0.717) is 5.25 Å². The van der Waals surface area contributed by atoms with Crippen LogP contribution >= 0.6 is 34.4 Å². The molecule has 2 nitrogen and oxygen atoms in total. The maximum absolute atomic E-state index is 6.04. The molecule has 0 fully saturated rings. The first-order chi connectivity index (χ1) is 9.22. The molecule has 1 heterocycles. The Labute approximate surface area is 131 Å². The van der Waals surface area contributed by atoms with Crippen LogP contribution in [0.3, 0.4) is 0 Å². The predicted octanol–water partition coefficient (Wildman–Crippen LogP) is 4.25. The molecule has 4 heteroatoms. The van der Waals surface area contributed by atoms with E-state index in [1.165, 1.54) is 25.9 Å². The van der Waals surface area contributed by atoms with Gasteiger partial charge < -0.3 is 11.1 Å². The number of thioether (sulfide) groups is 1. The van der Waals surface area contributed by atoms with Crippen molar-refractivity contribution in [2.24, 2.45) is 0 Å². The minimum Gasteiger partial charge on any atom is -0.398 e. The maximum atomic E-state index is 6.04. The highest BCUT2D eigenvalue weighted by Crippen LogP contribution is 2.43. The quantitative estimate of drug-likeness (QED) is 0.572. The average molecular weight is 382 g/mol. The van der Waals surface area contributed by atoms with E-state index in [0.717, 1.165) is 12.2 Å². The first kappa shape index (κ1) is 13.1. The lowest BCUT2D eigenvalue weighted by atomic mass is 9.99. The number of benzene rings is 2. The van der Waals surface area contributed by atoms with E-state index in [-0.39, 0.29) is 0 Å². The van der Waals surface area contributed by atoms with E-state index in [2.05, 4.69) is 64.5 Å². The zero-order chi connectivity index (χ0) is 13.4. The Morgan fingerprint density at radius 2 is 2.00 bits per heavy atom. The summed E-state index contributed by atoms with van der Waals surface area (Å²) in [5, 5.41) is 3.91. The highest BCUT2D eigenvalue weighted by atomic mass is 127. The number of rotatable bonds is 1. The fourth-order valence-corrected chi connectivity index (χ4v) is 4.19. The lowest BCUT2D eigenvalue weighted by molar-refractivity contribution is 1.10. The summed E-state index contributed by atoms with van der Waals surface area (Å²) in [4.78, 5) is 0. The van der Waals surface area contributed by atoms with Crippen LogP contribution in [0.5, 0.6) is 0 Å². The van der Waals surface area contributed by atoms with E-state index in [1.54, 1.807) is 0 Å². The summed E-state index contributed by atoms with van der Waals surface area (Å²) in [7, 11) is 0. The molecule has 0 spiro atoms. The summed E-state index contributed by atoms with van der Waals surface area (Å²) in [6.45, 7) is 0.840. The molecule has 0 saturated heterocycles. The van der Waals surface area contributed by atoms with Crippen LogP contribution in [-0.4, -0.2) is 6.26 Å². The lowest BCUT2D eigenvalue weighted by Gasteiger charge is -2.18. The molecule has 0 aliphatic carbocycles. The van der Waals surface area contributed by atoms with Gasteiger partial charge in [-0.1, -0.05) is 24.3 Å². The first-order valence-corrected chi connectivity index (χ1v) is 8.51. The number of nitrogens with two attached hydrogens (primary N) is 1. The summed E-state index contributed by atoms with van der Waals surface area (Å²) in [5.41, 5.74) is 12.2. The predicted molar refractivity (Wildman–Crippen MR) is 92.7 cm³/mol. The van der Waals surface area contributed by atoms with Gasteiger partial charge in [-0.25, -0.2) is 0 Å². The van der Waals surface area contributed by atoms with Crippen molar-refractivity contribution in [2.45, 2.75) is 11.8 Å². The molecular formula is C15H15IN2S. The SMILES string of the molecule is CSC1c2ccccc2NCc2c1ccc(N)c2I. The number of para-hydroxylation sites is 1. The highest BCUT2D eigenvalue weighted by molar-refractivity contribution is 14.1. The average Bonchev–Trinajstić information content (AvgIpc) is 2.59. The number of fused-ring (bicyclic) bond motifs is 2. The molecule has 1 unspecified atom stereocenters. The topological polar surface area (TPSA) is 38.0 Å². The third-order valence-electron chi connectivity index (χ3n) is 3.53. The van der Waals surface area contributed by atoms with Crippen molar-refractivity contribution < 1.29 is 0 Å². The van der Waals surface area contributed by atoms with E-state index < -0.39 is 0 Å². The van der Waals surface area contributed by atoms with Crippen LogP contribution in [-0.2, 0) is 6.54 Å². The Morgan fingerprint density at radius 1 is 1.21 bits per heavy atom. The van der Waals surface area contributed by atoms with Gasteiger partial charge in [0.15, 0.2) is 0 Å². The van der Waals surface area contributed by atoms with Gasteiger partial charge in [0.2, 0.25) is 0 Å². The molecule has 1 atom stereocenters. The van der Waals surface area contributed by atoms with Gasteiger partial charge >= 0.3 is 0 Å². The van der Waals surface area contributed by atoms with Gasteiger partial charge in [-0.3, -0.25) is 0 Å². The zero-order valence-corrected chi connectivity index (χ0v) is 13.6. The molecule has 0 radical (unpaired) electrons. The molecule has 3 N–H and O–H groups in total. The van der Waals surface area contributed by atoms with Crippen molar-refractivity contribution in [1.29, 1.82) is 0 Å². The molecule has 0 aromatic heterocycles. The van der Waals surface area contributed by atoms with E-state index in [4.69, 9.17) is 5.73 Å². The smallest absolute Gasteiger partial charge is 0.0567 e. The van der Waals surface area contributed by atoms with Gasteiger partial charge in [-0.15, -0.1) is 0 Å². The molecule has 1 aliphatic rings. The minimum atomic E-state index is 0.371. The summed E-state index contributed by atoms with van der Waals surface area (Å²) in [5.74, 6) is 0. The Morgan fingerprint density at radius 3 is 2.79 bits per heavy atom. The Balaban J connectivity index is 2.22. The fraction of sp³-hybridized carbons (Fsp3) is 0.200. The zero-order valence-electron chi connectivity index (χ0n) is 10.6. The molecule has 0 bridgehead atoms.